The Labute approximate surface area is 115 Å². The van der Waals surface area contributed by atoms with Crippen molar-refractivity contribution in [2.75, 3.05) is 0 Å². The fraction of sp³-hybridized carbons (Fsp3) is 0.182. The zero-order valence-electron chi connectivity index (χ0n) is 8.75. The van der Waals surface area contributed by atoms with E-state index in [1.54, 1.807) is 11.3 Å². The maximum absolute atomic E-state index is 4.47. The zero-order valence-corrected chi connectivity index (χ0v) is 14.7. The van der Waals surface area contributed by atoms with Crippen molar-refractivity contribution >= 4 is 31.1 Å². The second kappa shape index (κ2) is 6.71. The fourth-order valence-corrected chi connectivity index (χ4v) is 2.02. The van der Waals surface area contributed by atoms with E-state index in [1.165, 1.54) is 19.7 Å². The van der Waals surface area contributed by atoms with Gasteiger partial charge in [0, 0.05) is 15.6 Å². The minimum atomic E-state index is 1.07. The molecule has 0 bridgehead atoms. The van der Waals surface area contributed by atoms with Crippen LogP contribution in [0.25, 0.3) is 10.6 Å². The van der Waals surface area contributed by atoms with Crippen LogP contribution in [0, 0.1) is 19.9 Å². The summed E-state index contributed by atoms with van der Waals surface area (Å²) < 4.78 is 0. The van der Waals surface area contributed by atoms with Crippen LogP contribution in [0.3, 0.4) is 0 Å². The number of hydrogen-bond acceptors (Lipinski definition) is 2. The first kappa shape index (κ1) is 13.3. The average molecular weight is 381 g/mol. The summed E-state index contributed by atoms with van der Waals surface area (Å²) in [5, 5.41) is 1.07. The molecule has 0 saturated carbocycles. The standard InChI is InChI=1S/C11H10NS.HI.Zn/c1-8-9(2)13-11(12-8)10-6-4-3-5-7-10;;/h3-6H,1-2H3;1H;/q-1;;+2/p-1. The van der Waals surface area contributed by atoms with Gasteiger partial charge >= 0.3 is 34.5 Å². The Hall–Kier alpha value is 0.203. The number of aryl methyl sites for hydroxylation is 2. The second-order valence-electron chi connectivity index (χ2n) is 2.94. The monoisotopic (exact) mass is 379 g/mol. The van der Waals surface area contributed by atoms with Crippen LogP contribution in [0.4, 0.5) is 0 Å². The molecule has 2 aromatic rings. The molecule has 0 spiro atoms. The number of benzene rings is 1. The van der Waals surface area contributed by atoms with Gasteiger partial charge in [0.2, 0.25) is 0 Å². The van der Waals surface area contributed by atoms with Crippen molar-refractivity contribution in [3.8, 4) is 10.6 Å². The Bertz CT molecular complexity index is 394. The van der Waals surface area contributed by atoms with E-state index >= 15 is 0 Å². The number of halogens is 1. The van der Waals surface area contributed by atoms with E-state index in [0.29, 0.717) is 0 Å². The van der Waals surface area contributed by atoms with Crippen LogP contribution in [-0.2, 0) is 14.8 Å². The predicted octanol–water partition coefficient (Wildman–Crippen LogP) is 4.11. The van der Waals surface area contributed by atoms with E-state index in [9.17, 15) is 0 Å². The summed E-state index contributed by atoms with van der Waals surface area (Å²) in [5.74, 6) is 0. The van der Waals surface area contributed by atoms with Crippen LogP contribution in [-0.4, -0.2) is 4.98 Å². The molecule has 74 valence electrons. The first-order valence-corrected chi connectivity index (χ1v) is 14.3. The van der Waals surface area contributed by atoms with Gasteiger partial charge in [0.1, 0.15) is 0 Å². The van der Waals surface area contributed by atoms with Crippen LogP contribution < -0.4 is 0 Å². The van der Waals surface area contributed by atoms with Gasteiger partial charge in [-0.15, -0.1) is 35.9 Å². The summed E-state index contributed by atoms with van der Waals surface area (Å²) >= 11 is 5.35. The van der Waals surface area contributed by atoms with Gasteiger partial charge in [-0.05, 0) is 13.8 Å². The summed E-state index contributed by atoms with van der Waals surface area (Å²) in [6.07, 6.45) is 0. The average Bonchev–Trinajstić information content (AvgIpc) is 2.63. The maximum atomic E-state index is 4.47. The van der Waals surface area contributed by atoms with Gasteiger partial charge in [0.25, 0.3) is 0 Å². The third-order valence-electron chi connectivity index (χ3n) is 1.97. The van der Waals surface area contributed by atoms with Crippen molar-refractivity contribution in [2.45, 2.75) is 13.8 Å². The molecule has 0 amide bonds. The number of thiazole rings is 1. The summed E-state index contributed by atoms with van der Waals surface area (Å²) in [4.78, 5) is 5.75. The number of nitrogens with zero attached hydrogens (tertiary/aromatic N) is 1. The van der Waals surface area contributed by atoms with E-state index in [4.69, 9.17) is 0 Å². The molecule has 0 atom stereocenters. The van der Waals surface area contributed by atoms with Crippen molar-refractivity contribution in [2.24, 2.45) is 0 Å². The Morgan fingerprint density at radius 1 is 1.33 bits per heavy atom. The van der Waals surface area contributed by atoms with Crippen molar-refractivity contribution in [1.29, 1.82) is 0 Å². The van der Waals surface area contributed by atoms with E-state index in [-0.39, 0.29) is 0 Å². The zero-order chi connectivity index (χ0) is 11.3. The molecule has 0 saturated heterocycles. The summed E-state index contributed by atoms with van der Waals surface area (Å²) in [6.45, 7) is 4.14. The number of hydrogen-bond donors (Lipinski definition) is 0. The molecule has 15 heavy (non-hydrogen) atoms. The summed E-state index contributed by atoms with van der Waals surface area (Å²) in [7, 11) is 0. The molecular formula is C11H10INSZn. The van der Waals surface area contributed by atoms with Gasteiger partial charge in [-0.3, -0.25) is 4.98 Å². The normalized spacial score (nSPS) is 9.40. The minimum absolute atomic E-state index is 1.07. The fourth-order valence-electron chi connectivity index (χ4n) is 1.11. The van der Waals surface area contributed by atoms with Crippen molar-refractivity contribution in [3.63, 3.8) is 0 Å². The molecule has 0 aliphatic carbocycles. The Balaban J connectivity index is 0.000000531. The molecule has 0 fully saturated rings. The summed E-state index contributed by atoms with van der Waals surface area (Å²) in [5.41, 5.74) is 2.21. The van der Waals surface area contributed by atoms with Crippen LogP contribution in [0.5, 0.6) is 0 Å². The van der Waals surface area contributed by atoms with Gasteiger partial charge < -0.3 is 0 Å². The van der Waals surface area contributed by atoms with E-state index in [1.807, 2.05) is 31.2 Å². The molecule has 1 heterocycles. The number of aromatic nitrogens is 1. The Morgan fingerprint density at radius 2 is 2.07 bits per heavy atom. The Morgan fingerprint density at radius 3 is 2.53 bits per heavy atom. The summed E-state index contributed by atoms with van der Waals surface area (Å²) in [6, 6.07) is 11.1. The quantitative estimate of drug-likeness (QED) is 0.412. The molecule has 1 aromatic carbocycles. The van der Waals surface area contributed by atoms with E-state index in [0.717, 1.165) is 16.3 Å². The van der Waals surface area contributed by atoms with Gasteiger partial charge in [-0.2, -0.15) is 11.3 Å². The van der Waals surface area contributed by atoms with Crippen LogP contribution >= 0.6 is 31.1 Å². The van der Waals surface area contributed by atoms with Gasteiger partial charge in [-0.1, -0.05) is 0 Å². The van der Waals surface area contributed by atoms with Gasteiger partial charge in [0.05, 0.1) is 0 Å². The molecule has 0 unspecified atom stereocenters. The van der Waals surface area contributed by atoms with Crippen molar-refractivity contribution in [1.82, 2.24) is 4.98 Å². The van der Waals surface area contributed by atoms with Crippen LogP contribution in [0.2, 0.25) is 0 Å². The number of rotatable bonds is 1. The molecule has 1 aromatic heterocycles. The third kappa shape index (κ3) is 3.61. The second-order valence-corrected chi connectivity index (χ2v) is 4.14. The molecule has 4 heteroatoms. The predicted molar refractivity (Wildman–Crippen MR) is 69.9 cm³/mol. The first-order chi connectivity index (χ1) is 7.27. The Kier molecular flexibility index (Phi) is 5.94. The molecule has 1 nitrogen and oxygen atoms in total. The molecule has 2 rings (SSSR count). The molecular weight excluding hydrogens is 370 g/mol. The van der Waals surface area contributed by atoms with Gasteiger partial charge in [-0.25, -0.2) is 0 Å². The van der Waals surface area contributed by atoms with Crippen LogP contribution in [0.1, 0.15) is 10.6 Å². The molecule has 0 aliphatic rings. The van der Waals surface area contributed by atoms with Crippen LogP contribution in [0.15, 0.2) is 24.3 Å². The molecule has 0 N–H and O–H groups in total. The van der Waals surface area contributed by atoms with Crippen molar-refractivity contribution < 1.29 is 14.8 Å². The third-order valence-corrected chi connectivity index (χ3v) is 3.07. The van der Waals surface area contributed by atoms with E-state index in [2.05, 4.69) is 37.7 Å². The first-order valence-electron chi connectivity index (χ1n) is 4.45. The van der Waals surface area contributed by atoms with Crippen molar-refractivity contribution in [3.05, 3.63) is 40.9 Å². The molecule has 0 aliphatic heterocycles. The SMILES string of the molecule is Cc1nc(-c2[c-]cccc2)sc1C.[Zn+][I]. The van der Waals surface area contributed by atoms with Gasteiger partial charge in [0.15, 0.2) is 0 Å². The topological polar surface area (TPSA) is 12.9 Å². The molecule has 0 radical (unpaired) electrons. The van der Waals surface area contributed by atoms with E-state index < -0.39 is 0 Å².